The normalized spacial score (nSPS) is 15.0. The first-order valence-corrected chi connectivity index (χ1v) is 9.73. The van der Waals surface area contributed by atoms with Crippen molar-refractivity contribution in [2.24, 2.45) is 5.92 Å². The van der Waals surface area contributed by atoms with Crippen LogP contribution in [0.3, 0.4) is 0 Å². The van der Waals surface area contributed by atoms with E-state index in [-0.39, 0.29) is 43.3 Å². The maximum Gasteiger partial charge on any atom is 0.422 e. The van der Waals surface area contributed by atoms with E-state index in [4.69, 9.17) is 0 Å². The van der Waals surface area contributed by atoms with E-state index in [2.05, 4.69) is 20.6 Å². The molecule has 2 N–H and O–H groups in total. The molecule has 0 unspecified atom stereocenters. The number of fused-ring (bicyclic) bond motifs is 1. The molecule has 1 aliphatic rings. The van der Waals surface area contributed by atoms with Gasteiger partial charge in [0.1, 0.15) is 0 Å². The van der Waals surface area contributed by atoms with Crippen molar-refractivity contribution < 1.29 is 27.5 Å². The number of aromatic nitrogens is 2. The van der Waals surface area contributed by atoms with E-state index in [0.717, 1.165) is 4.90 Å². The Balaban J connectivity index is 1.56. The fourth-order valence-corrected chi connectivity index (χ4v) is 3.34. The molecule has 2 heterocycles. The number of rotatable bonds is 5. The van der Waals surface area contributed by atoms with Gasteiger partial charge >= 0.3 is 12.3 Å². The predicted molar refractivity (Wildman–Crippen MR) is 105 cm³/mol. The van der Waals surface area contributed by atoms with Crippen LogP contribution in [-0.4, -0.2) is 52.3 Å². The molecule has 0 spiro atoms. The number of carbonyl (C=O) groups excluding carboxylic acids is 2. The highest BCUT2D eigenvalue weighted by Gasteiger charge is 2.33. The van der Waals surface area contributed by atoms with E-state index in [0.29, 0.717) is 17.4 Å². The number of benzene rings is 1. The number of carbonyl (C=O) groups is 2. The lowest BCUT2D eigenvalue weighted by Gasteiger charge is -2.30. The van der Waals surface area contributed by atoms with Gasteiger partial charge in [0.15, 0.2) is 6.61 Å². The van der Waals surface area contributed by atoms with Crippen molar-refractivity contribution in [2.45, 2.75) is 32.5 Å². The Kier molecular flexibility index (Phi) is 6.66. The molecular weight excluding hydrogens is 419 g/mol. The van der Waals surface area contributed by atoms with Gasteiger partial charge in [-0.25, -0.2) is 9.78 Å². The van der Waals surface area contributed by atoms with E-state index in [1.165, 1.54) is 4.57 Å². The van der Waals surface area contributed by atoms with Crippen LogP contribution in [0.15, 0.2) is 29.1 Å². The van der Waals surface area contributed by atoms with Crippen molar-refractivity contribution in [3.8, 4) is 0 Å². The number of hydrogen-bond acceptors (Lipinski definition) is 6. The van der Waals surface area contributed by atoms with Crippen molar-refractivity contribution in [1.82, 2.24) is 19.9 Å². The number of piperidine rings is 1. The molecule has 2 amide bonds. The molecule has 3 rings (SSSR count). The lowest BCUT2D eigenvalue weighted by atomic mass is 9.96. The standard InChI is InChI=1S/C19H22F3N5O4/c1-2-27-16(29)13-5-3-4-6-14(13)23-17(27)25-24-15(28)12-7-9-26(10-8-12)18(30)31-11-19(20,21)22/h3-6,12H,2,7-11H2,1H3,(H,23,25)(H,24,28). The molecule has 0 atom stereocenters. The van der Waals surface area contributed by atoms with Gasteiger partial charge in [0, 0.05) is 25.6 Å². The van der Waals surface area contributed by atoms with Crippen molar-refractivity contribution in [3.63, 3.8) is 0 Å². The third-order valence-electron chi connectivity index (χ3n) is 4.96. The average Bonchev–Trinajstić information content (AvgIpc) is 2.75. The molecule has 1 aromatic heterocycles. The maximum absolute atomic E-state index is 12.6. The molecule has 0 bridgehead atoms. The molecule has 12 heteroatoms. The van der Waals surface area contributed by atoms with Crippen LogP contribution in [0.2, 0.25) is 0 Å². The Morgan fingerprint density at radius 1 is 1.23 bits per heavy atom. The molecular formula is C19H22F3N5O4. The second kappa shape index (κ2) is 9.23. The van der Waals surface area contributed by atoms with E-state index in [9.17, 15) is 27.6 Å². The van der Waals surface area contributed by atoms with Crippen LogP contribution >= 0.6 is 0 Å². The molecule has 168 valence electrons. The summed E-state index contributed by atoms with van der Waals surface area (Å²) in [5.74, 6) is -0.637. The second-order valence-electron chi connectivity index (χ2n) is 7.05. The maximum atomic E-state index is 12.6. The first kappa shape index (κ1) is 22.4. The summed E-state index contributed by atoms with van der Waals surface area (Å²) in [7, 11) is 0. The number of likely N-dealkylation sites (tertiary alicyclic amines) is 1. The molecule has 9 nitrogen and oxygen atoms in total. The van der Waals surface area contributed by atoms with Gasteiger partial charge in [-0.1, -0.05) is 12.1 Å². The van der Waals surface area contributed by atoms with Crippen LogP contribution in [0.1, 0.15) is 19.8 Å². The molecule has 1 aliphatic heterocycles. The summed E-state index contributed by atoms with van der Waals surface area (Å²) < 4.78 is 42.1. The zero-order valence-corrected chi connectivity index (χ0v) is 16.7. The number of hydrogen-bond donors (Lipinski definition) is 2. The minimum Gasteiger partial charge on any atom is -0.440 e. The Hall–Kier alpha value is -3.31. The Bertz CT molecular complexity index is 1020. The van der Waals surface area contributed by atoms with E-state index in [1.807, 2.05) is 0 Å². The summed E-state index contributed by atoms with van der Waals surface area (Å²) in [5, 5.41) is 0.464. The van der Waals surface area contributed by atoms with Crippen molar-refractivity contribution >= 4 is 28.9 Å². The summed E-state index contributed by atoms with van der Waals surface area (Å²) in [6.45, 7) is 0.672. The summed E-state index contributed by atoms with van der Waals surface area (Å²) in [6.07, 6.45) is -5.11. The topological polar surface area (TPSA) is 106 Å². The molecule has 1 saturated heterocycles. The summed E-state index contributed by atoms with van der Waals surface area (Å²) >= 11 is 0. The number of anilines is 1. The summed E-state index contributed by atoms with van der Waals surface area (Å²) in [4.78, 5) is 42.3. The fraction of sp³-hybridized carbons (Fsp3) is 0.474. The number of halogens is 3. The van der Waals surface area contributed by atoms with Crippen LogP contribution in [0.4, 0.5) is 23.9 Å². The fourth-order valence-electron chi connectivity index (χ4n) is 3.34. The number of para-hydroxylation sites is 1. The van der Waals surface area contributed by atoms with Crippen LogP contribution in [-0.2, 0) is 16.1 Å². The minimum atomic E-state index is -4.59. The SMILES string of the molecule is CCn1c(NNC(=O)C2CCN(C(=O)OCC(F)(F)F)CC2)nc2ccccc2c1=O. The predicted octanol–water partition coefficient (Wildman–Crippen LogP) is 2.27. The average molecular weight is 441 g/mol. The van der Waals surface area contributed by atoms with E-state index in [1.54, 1.807) is 31.2 Å². The molecule has 1 aromatic carbocycles. The number of nitrogens with zero attached hydrogens (tertiary/aromatic N) is 3. The van der Waals surface area contributed by atoms with Gasteiger partial charge in [0.25, 0.3) is 5.56 Å². The van der Waals surface area contributed by atoms with Crippen molar-refractivity contribution in [2.75, 3.05) is 25.1 Å². The highest BCUT2D eigenvalue weighted by atomic mass is 19.4. The lowest BCUT2D eigenvalue weighted by molar-refractivity contribution is -0.162. The van der Waals surface area contributed by atoms with E-state index < -0.39 is 24.8 Å². The summed E-state index contributed by atoms with van der Waals surface area (Å²) in [6, 6.07) is 6.86. The molecule has 0 radical (unpaired) electrons. The molecule has 31 heavy (non-hydrogen) atoms. The van der Waals surface area contributed by atoms with Gasteiger partial charge in [-0.2, -0.15) is 13.2 Å². The van der Waals surface area contributed by atoms with Gasteiger partial charge in [0.2, 0.25) is 11.9 Å². The van der Waals surface area contributed by atoms with Gasteiger partial charge in [-0.05, 0) is 31.9 Å². The van der Waals surface area contributed by atoms with Crippen LogP contribution in [0.25, 0.3) is 10.9 Å². The summed E-state index contributed by atoms with van der Waals surface area (Å²) in [5.41, 5.74) is 5.46. The highest BCUT2D eigenvalue weighted by Crippen LogP contribution is 2.20. The Labute approximate surface area is 175 Å². The lowest BCUT2D eigenvalue weighted by Crippen LogP contribution is -2.45. The zero-order chi connectivity index (χ0) is 22.6. The van der Waals surface area contributed by atoms with Gasteiger partial charge in [0.05, 0.1) is 10.9 Å². The van der Waals surface area contributed by atoms with Crippen molar-refractivity contribution in [1.29, 1.82) is 0 Å². The highest BCUT2D eigenvalue weighted by molar-refractivity contribution is 5.81. The zero-order valence-electron chi connectivity index (χ0n) is 16.7. The van der Waals surface area contributed by atoms with Crippen LogP contribution < -0.4 is 16.4 Å². The van der Waals surface area contributed by atoms with E-state index >= 15 is 0 Å². The first-order chi connectivity index (χ1) is 14.7. The smallest absolute Gasteiger partial charge is 0.422 e. The van der Waals surface area contributed by atoms with Crippen molar-refractivity contribution in [3.05, 3.63) is 34.6 Å². The van der Waals surface area contributed by atoms with Gasteiger partial charge in [-0.3, -0.25) is 25.0 Å². The third-order valence-corrected chi connectivity index (χ3v) is 4.96. The number of ether oxygens (including phenoxy) is 1. The molecule has 0 aliphatic carbocycles. The monoisotopic (exact) mass is 441 g/mol. The third kappa shape index (κ3) is 5.44. The number of alkyl halides is 3. The quantitative estimate of drug-likeness (QED) is 0.690. The molecule has 1 fully saturated rings. The molecule has 2 aromatic rings. The van der Waals surface area contributed by atoms with Gasteiger partial charge < -0.3 is 9.64 Å². The largest absolute Gasteiger partial charge is 0.440 e. The van der Waals surface area contributed by atoms with Gasteiger partial charge in [-0.15, -0.1) is 0 Å². The first-order valence-electron chi connectivity index (χ1n) is 9.73. The van der Waals surface area contributed by atoms with Crippen LogP contribution in [0, 0.1) is 5.92 Å². The Morgan fingerprint density at radius 3 is 2.55 bits per heavy atom. The Morgan fingerprint density at radius 2 is 1.90 bits per heavy atom. The van der Waals surface area contributed by atoms with Crippen LogP contribution in [0.5, 0.6) is 0 Å². The minimum absolute atomic E-state index is 0.0999. The number of amides is 2. The molecule has 0 saturated carbocycles. The second-order valence-corrected chi connectivity index (χ2v) is 7.05. The number of hydrazine groups is 1. The number of nitrogens with one attached hydrogen (secondary N) is 2.